The average molecular weight is 312 g/mol. The van der Waals surface area contributed by atoms with Crippen molar-refractivity contribution in [2.24, 2.45) is 0 Å². The number of hydrogen-bond acceptors (Lipinski definition) is 5. The molecule has 1 aliphatic heterocycles. The summed E-state index contributed by atoms with van der Waals surface area (Å²) in [5, 5.41) is 3.55. The lowest BCUT2D eigenvalue weighted by Crippen LogP contribution is -2.48. The Kier molecular flexibility index (Phi) is 3.63. The van der Waals surface area contributed by atoms with Crippen LogP contribution in [0.25, 0.3) is 10.2 Å². The predicted octanol–water partition coefficient (Wildman–Crippen LogP) is 1.17. The third-order valence-corrected chi connectivity index (χ3v) is 5.74. The van der Waals surface area contributed by atoms with E-state index in [9.17, 15) is 8.42 Å². The lowest BCUT2D eigenvalue weighted by molar-refractivity contribution is 0.362. The smallest absolute Gasteiger partial charge is 0.303 e. The fraction of sp³-hybridized carbons (Fsp3) is 0.417. The van der Waals surface area contributed by atoms with Crippen LogP contribution in [0.15, 0.2) is 18.2 Å². The molecule has 108 valence electrons. The van der Waals surface area contributed by atoms with Gasteiger partial charge in [0.15, 0.2) is 5.13 Å². The van der Waals surface area contributed by atoms with Crippen molar-refractivity contribution < 1.29 is 8.42 Å². The number of nitrogens with one attached hydrogen (secondary N) is 2. The Morgan fingerprint density at radius 3 is 2.85 bits per heavy atom. The van der Waals surface area contributed by atoms with Crippen LogP contribution in [0.3, 0.4) is 0 Å². The Morgan fingerprint density at radius 1 is 1.35 bits per heavy atom. The average Bonchev–Trinajstić information content (AvgIpc) is 2.80. The molecule has 20 heavy (non-hydrogen) atoms. The Balaban J connectivity index is 1.84. The third kappa shape index (κ3) is 2.78. The maximum absolute atomic E-state index is 12.3. The van der Waals surface area contributed by atoms with Gasteiger partial charge in [0.2, 0.25) is 0 Å². The first-order chi connectivity index (χ1) is 9.54. The lowest BCUT2D eigenvalue weighted by atomic mass is 10.2. The minimum Gasteiger partial charge on any atom is -0.314 e. The molecule has 6 nitrogen and oxygen atoms in total. The molecule has 1 saturated heterocycles. The molecule has 1 aromatic heterocycles. The molecule has 0 saturated carbocycles. The zero-order chi connectivity index (χ0) is 14.2. The summed E-state index contributed by atoms with van der Waals surface area (Å²) in [6.07, 6.45) is 0. The summed E-state index contributed by atoms with van der Waals surface area (Å²) < 4.78 is 29.5. The van der Waals surface area contributed by atoms with Gasteiger partial charge in [0.1, 0.15) is 0 Å². The van der Waals surface area contributed by atoms with Crippen LogP contribution in [0.2, 0.25) is 0 Å². The Labute approximate surface area is 122 Å². The zero-order valence-corrected chi connectivity index (χ0v) is 12.7. The summed E-state index contributed by atoms with van der Waals surface area (Å²) in [4.78, 5) is 4.32. The second-order valence-electron chi connectivity index (χ2n) is 4.75. The first kappa shape index (κ1) is 13.7. The van der Waals surface area contributed by atoms with Gasteiger partial charge in [-0.25, -0.2) is 9.71 Å². The number of hydrogen-bond donors (Lipinski definition) is 2. The van der Waals surface area contributed by atoms with Gasteiger partial charge in [-0.2, -0.15) is 12.7 Å². The number of aromatic nitrogens is 1. The highest BCUT2D eigenvalue weighted by molar-refractivity contribution is 7.90. The molecule has 1 fully saturated rings. The van der Waals surface area contributed by atoms with E-state index in [1.54, 1.807) is 0 Å². The quantitative estimate of drug-likeness (QED) is 0.892. The summed E-state index contributed by atoms with van der Waals surface area (Å²) in [6, 6.07) is 5.88. The molecule has 0 bridgehead atoms. The minimum absolute atomic E-state index is 0.420. The van der Waals surface area contributed by atoms with E-state index in [4.69, 9.17) is 0 Å². The standard InChI is InChI=1S/C12H16N4O2S2/c1-9-2-3-10-11(8-9)19-12(14-10)15-20(17,18)16-6-4-13-5-7-16/h2-3,8,13H,4-7H2,1H3,(H,14,15). The van der Waals surface area contributed by atoms with Crippen LogP contribution >= 0.6 is 11.3 Å². The first-order valence-electron chi connectivity index (χ1n) is 6.40. The fourth-order valence-electron chi connectivity index (χ4n) is 2.14. The SMILES string of the molecule is Cc1ccc2nc(NS(=O)(=O)N3CCNCC3)sc2c1. The molecule has 0 spiro atoms. The van der Waals surface area contributed by atoms with Gasteiger partial charge in [0.25, 0.3) is 0 Å². The van der Waals surface area contributed by atoms with E-state index in [0.717, 1.165) is 15.8 Å². The second kappa shape index (κ2) is 5.28. The summed E-state index contributed by atoms with van der Waals surface area (Å²) in [7, 11) is -3.50. The molecule has 0 aliphatic carbocycles. The second-order valence-corrected chi connectivity index (χ2v) is 7.45. The number of fused-ring (bicyclic) bond motifs is 1. The van der Waals surface area contributed by atoms with Gasteiger partial charge >= 0.3 is 10.2 Å². The zero-order valence-electron chi connectivity index (χ0n) is 11.1. The number of anilines is 1. The van der Waals surface area contributed by atoms with Crippen molar-refractivity contribution in [2.75, 3.05) is 30.9 Å². The molecule has 8 heteroatoms. The van der Waals surface area contributed by atoms with Gasteiger partial charge < -0.3 is 5.32 Å². The van der Waals surface area contributed by atoms with Gasteiger partial charge in [-0.1, -0.05) is 17.4 Å². The maximum Gasteiger partial charge on any atom is 0.303 e. The number of nitrogens with zero attached hydrogens (tertiary/aromatic N) is 2. The van der Waals surface area contributed by atoms with Crippen molar-refractivity contribution in [3.63, 3.8) is 0 Å². The van der Waals surface area contributed by atoms with E-state index < -0.39 is 10.2 Å². The van der Waals surface area contributed by atoms with E-state index in [0.29, 0.717) is 31.3 Å². The molecule has 2 heterocycles. The number of thiazole rings is 1. The van der Waals surface area contributed by atoms with Crippen molar-refractivity contribution in [3.8, 4) is 0 Å². The highest BCUT2D eigenvalue weighted by atomic mass is 32.2. The van der Waals surface area contributed by atoms with Crippen LogP contribution in [0.5, 0.6) is 0 Å². The van der Waals surface area contributed by atoms with Crippen molar-refractivity contribution in [1.29, 1.82) is 0 Å². The fourth-order valence-corrected chi connectivity index (χ4v) is 4.49. The van der Waals surface area contributed by atoms with Crippen LogP contribution in [-0.2, 0) is 10.2 Å². The molecule has 2 aromatic rings. The van der Waals surface area contributed by atoms with Crippen molar-refractivity contribution >= 4 is 36.9 Å². The summed E-state index contributed by atoms with van der Waals surface area (Å²) in [6.45, 7) is 4.34. The molecule has 0 unspecified atom stereocenters. The van der Waals surface area contributed by atoms with E-state index in [1.165, 1.54) is 15.6 Å². The highest BCUT2D eigenvalue weighted by Gasteiger charge is 2.24. The van der Waals surface area contributed by atoms with Crippen LogP contribution in [0, 0.1) is 6.92 Å². The van der Waals surface area contributed by atoms with Gasteiger partial charge in [0.05, 0.1) is 10.2 Å². The number of benzene rings is 1. The monoisotopic (exact) mass is 312 g/mol. The molecule has 1 aromatic carbocycles. The lowest BCUT2D eigenvalue weighted by Gasteiger charge is -2.26. The Bertz CT molecular complexity index is 720. The molecule has 1 aliphatic rings. The van der Waals surface area contributed by atoms with Crippen molar-refractivity contribution in [1.82, 2.24) is 14.6 Å². The normalized spacial score (nSPS) is 17.4. The third-order valence-electron chi connectivity index (χ3n) is 3.18. The van der Waals surface area contributed by atoms with Crippen molar-refractivity contribution in [2.45, 2.75) is 6.92 Å². The van der Waals surface area contributed by atoms with Crippen LogP contribution in [0.1, 0.15) is 5.56 Å². The van der Waals surface area contributed by atoms with Crippen LogP contribution in [0.4, 0.5) is 5.13 Å². The van der Waals surface area contributed by atoms with E-state index in [1.807, 2.05) is 25.1 Å². The molecule has 0 radical (unpaired) electrons. The van der Waals surface area contributed by atoms with E-state index in [2.05, 4.69) is 15.0 Å². The molecular weight excluding hydrogens is 296 g/mol. The van der Waals surface area contributed by atoms with Crippen molar-refractivity contribution in [3.05, 3.63) is 23.8 Å². The molecule has 3 rings (SSSR count). The number of rotatable bonds is 3. The minimum atomic E-state index is -3.50. The molecular formula is C12H16N4O2S2. The van der Waals surface area contributed by atoms with E-state index in [-0.39, 0.29) is 0 Å². The maximum atomic E-state index is 12.3. The van der Waals surface area contributed by atoms with Gasteiger partial charge in [-0.05, 0) is 24.6 Å². The van der Waals surface area contributed by atoms with Gasteiger partial charge in [-0.3, -0.25) is 0 Å². The van der Waals surface area contributed by atoms with Gasteiger partial charge in [0, 0.05) is 26.2 Å². The predicted molar refractivity (Wildman–Crippen MR) is 81.3 cm³/mol. The Hall–Kier alpha value is -1.22. The largest absolute Gasteiger partial charge is 0.314 e. The highest BCUT2D eigenvalue weighted by Crippen LogP contribution is 2.27. The summed E-state index contributed by atoms with van der Waals surface area (Å²) >= 11 is 1.36. The molecule has 2 N–H and O–H groups in total. The molecule has 0 amide bonds. The number of aryl methyl sites for hydroxylation is 1. The summed E-state index contributed by atoms with van der Waals surface area (Å²) in [5.41, 5.74) is 1.95. The topological polar surface area (TPSA) is 74.3 Å². The number of piperazine rings is 1. The first-order valence-corrected chi connectivity index (χ1v) is 8.66. The molecule has 0 atom stereocenters. The van der Waals surface area contributed by atoms with Crippen LogP contribution < -0.4 is 10.0 Å². The van der Waals surface area contributed by atoms with Gasteiger partial charge in [-0.15, -0.1) is 0 Å². The van der Waals surface area contributed by atoms with E-state index >= 15 is 0 Å². The Morgan fingerprint density at radius 2 is 2.10 bits per heavy atom. The van der Waals surface area contributed by atoms with Crippen LogP contribution in [-0.4, -0.2) is 43.9 Å². The summed E-state index contributed by atoms with van der Waals surface area (Å²) in [5.74, 6) is 0.